The van der Waals surface area contributed by atoms with Crippen molar-refractivity contribution in [3.63, 3.8) is 0 Å². The molecular weight excluding hydrogens is 241 g/mol. The lowest BCUT2D eigenvalue weighted by atomic mass is 10.0. The largest absolute Gasteiger partial charge is 0.192 e. The predicted octanol–water partition coefficient (Wildman–Crippen LogP) is 4.53. The Kier molecular flexibility index (Phi) is 3.14. The van der Waals surface area contributed by atoms with Gasteiger partial charge in [0.1, 0.15) is 0 Å². The van der Waals surface area contributed by atoms with E-state index in [2.05, 4.69) is 0 Å². The third kappa shape index (κ3) is 2.04. The van der Waals surface area contributed by atoms with Gasteiger partial charge in [-0.3, -0.25) is 0 Å². The summed E-state index contributed by atoms with van der Waals surface area (Å²) in [6, 6.07) is 14.7. The van der Waals surface area contributed by atoms with Gasteiger partial charge in [0.2, 0.25) is 0 Å². The monoisotopic (exact) mass is 247 g/mol. The van der Waals surface area contributed by atoms with Crippen LogP contribution in [0.4, 0.5) is 0 Å². The van der Waals surface area contributed by atoms with Gasteiger partial charge in [0.25, 0.3) is 0 Å². The Morgan fingerprint density at radius 1 is 0.875 bits per heavy atom. The Hall–Kier alpha value is -1.49. The highest BCUT2D eigenvalue weighted by Crippen LogP contribution is 2.33. The van der Waals surface area contributed by atoms with Crippen LogP contribution in [-0.4, -0.2) is 0 Å². The summed E-state index contributed by atoms with van der Waals surface area (Å²) in [4.78, 5) is 0. The molecule has 78 valence electrons. The average Bonchev–Trinajstić information content (AvgIpc) is 2.30. The van der Waals surface area contributed by atoms with E-state index in [9.17, 15) is 0 Å². The van der Waals surface area contributed by atoms with Gasteiger partial charge in [-0.1, -0.05) is 47.5 Å². The first-order valence-corrected chi connectivity index (χ1v) is 5.42. The first kappa shape index (κ1) is 11.0. The molecule has 0 aliphatic carbocycles. The summed E-state index contributed by atoms with van der Waals surface area (Å²) in [6.07, 6.45) is 0. The van der Waals surface area contributed by atoms with Crippen molar-refractivity contribution in [3.8, 4) is 17.2 Å². The van der Waals surface area contributed by atoms with E-state index in [1.54, 1.807) is 12.1 Å². The molecule has 0 radical (unpaired) electrons. The molecule has 0 aliphatic rings. The molecule has 0 fully saturated rings. The number of hydrogen-bond donors (Lipinski definition) is 0. The van der Waals surface area contributed by atoms with Crippen LogP contribution in [0.3, 0.4) is 0 Å². The van der Waals surface area contributed by atoms with Crippen molar-refractivity contribution in [1.82, 2.24) is 0 Å². The number of hydrogen-bond acceptors (Lipinski definition) is 1. The summed E-state index contributed by atoms with van der Waals surface area (Å²) >= 11 is 12.2. The maximum Gasteiger partial charge on any atom is 0.0992 e. The summed E-state index contributed by atoms with van der Waals surface area (Å²) < 4.78 is 0. The second kappa shape index (κ2) is 4.57. The zero-order valence-corrected chi connectivity index (χ0v) is 9.76. The number of benzene rings is 2. The minimum absolute atomic E-state index is 0.534. The van der Waals surface area contributed by atoms with Crippen LogP contribution < -0.4 is 0 Å². The maximum absolute atomic E-state index is 8.74. The van der Waals surface area contributed by atoms with Crippen LogP contribution in [0.15, 0.2) is 42.5 Å². The smallest absolute Gasteiger partial charge is 0.0992 e. The molecular formula is C13H7Cl2N. The quantitative estimate of drug-likeness (QED) is 0.727. The van der Waals surface area contributed by atoms with Crippen molar-refractivity contribution < 1.29 is 0 Å². The number of nitrogens with zero attached hydrogens (tertiary/aromatic N) is 1. The van der Waals surface area contributed by atoms with Crippen molar-refractivity contribution in [3.05, 3.63) is 58.1 Å². The molecule has 0 N–H and O–H groups in total. The third-order valence-electron chi connectivity index (χ3n) is 2.26. The minimum atomic E-state index is 0.534. The van der Waals surface area contributed by atoms with E-state index in [0.717, 1.165) is 11.1 Å². The molecule has 0 atom stereocenters. The Morgan fingerprint density at radius 3 is 2.19 bits per heavy atom. The topological polar surface area (TPSA) is 23.8 Å². The predicted molar refractivity (Wildman–Crippen MR) is 66.6 cm³/mol. The van der Waals surface area contributed by atoms with Crippen molar-refractivity contribution in [2.24, 2.45) is 0 Å². The summed E-state index contributed by atoms with van der Waals surface area (Å²) in [6.45, 7) is 0. The summed E-state index contributed by atoms with van der Waals surface area (Å²) in [5, 5.41) is 9.93. The fraction of sp³-hybridized carbons (Fsp3) is 0. The third-order valence-corrected chi connectivity index (χ3v) is 2.90. The molecule has 0 aliphatic heterocycles. The normalized spacial score (nSPS) is 9.81. The molecule has 2 aromatic carbocycles. The molecule has 0 bridgehead atoms. The molecule has 0 unspecified atom stereocenters. The molecule has 0 heterocycles. The SMILES string of the molecule is N#Cc1ccc(-c2ccccc2Cl)c(Cl)c1. The van der Waals surface area contributed by atoms with E-state index < -0.39 is 0 Å². The summed E-state index contributed by atoms with van der Waals surface area (Å²) in [5.74, 6) is 0. The van der Waals surface area contributed by atoms with Crippen LogP contribution >= 0.6 is 23.2 Å². The van der Waals surface area contributed by atoms with Crippen LogP contribution in [-0.2, 0) is 0 Å². The van der Waals surface area contributed by atoms with Gasteiger partial charge >= 0.3 is 0 Å². The zero-order valence-electron chi connectivity index (χ0n) is 8.24. The second-order valence-electron chi connectivity index (χ2n) is 3.29. The minimum Gasteiger partial charge on any atom is -0.192 e. The van der Waals surface area contributed by atoms with Crippen LogP contribution in [0.1, 0.15) is 5.56 Å². The average molecular weight is 248 g/mol. The van der Waals surface area contributed by atoms with Gasteiger partial charge in [-0.2, -0.15) is 5.26 Å². The lowest BCUT2D eigenvalue weighted by molar-refractivity contribution is 1.48. The number of nitriles is 1. The molecule has 0 aromatic heterocycles. The maximum atomic E-state index is 8.74. The van der Waals surface area contributed by atoms with Crippen LogP contribution in [0.2, 0.25) is 10.0 Å². The second-order valence-corrected chi connectivity index (χ2v) is 4.10. The van der Waals surface area contributed by atoms with Gasteiger partial charge in [0, 0.05) is 21.2 Å². The molecule has 1 nitrogen and oxygen atoms in total. The van der Waals surface area contributed by atoms with Gasteiger partial charge in [-0.25, -0.2) is 0 Å². The Bertz CT molecular complexity index is 570. The highest BCUT2D eigenvalue weighted by Gasteiger charge is 2.07. The molecule has 0 spiro atoms. The molecule has 16 heavy (non-hydrogen) atoms. The molecule has 0 amide bonds. The number of halogens is 2. The van der Waals surface area contributed by atoms with E-state index in [1.165, 1.54) is 0 Å². The van der Waals surface area contributed by atoms with Crippen LogP contribution in [0, 0.1) is 11.3 Å². The van der Waals surface area contributed by atoms with Crippen molar-refractivity contribution in [2.45, 2.75) is 0 Å². The molecule has 2 rings (SSSR count). The Morgan fingerprint density at radius 2 is 1.56 bits per heavy atom. The van der Waals surface area contributed by atoms with E-state index in [-0.39, 0.29) is 0 Å². The Labute approximate surface area is 104 Å². The van der Waals surface area contributed by atoms with E-state index in [4.69, 9.17) is 28.5 Å². The molecule has 0 saturated carbocycles. The first-order valence-electron chi connectivity index (χ1n) is 4.67. The van der Waals surface area contributed by atoms with Gasteiger partial charge in [0.15, 0.2) is 0 Å². The van der Waals surface area contributed by atoms with E-state index in [0.29, 0.717) is 15.6 Å². The summed E-state index contributed by atoms with van der Waals surface area (Å²) in [5.41, 5.74) is 2.26. The van der Waals surface area contributed by atoms with Crippen LogP contribution in [0.5, 0.6) is 0 Å². The lowest BCUT2D eigenvalue weighted by Gasteiger charge is -2.06. The Balaban J connectivity index is 2.58. The van der Waals surface area contributed by atoms with Crippen LogP contribution in [0.25, 0.3) is 11.1 Å². The van der Waals surface area contributed by atoms with E-state index in [1.807, 2.05) is 36.4 Å². The summed E-state index contributed by atoms with van der Waals surface area (Å²) in [7, 11) is 0. The standard InChI is InChI=1S/C13H7Cl2N/c14-12-4-2-1-3-10(12)11-6-5-9(8-16)7-13(11)15/h1-7H. The highest BCUT2D eigenvalue weighted by molar-refractivity contribution is 6.36. The van der Waals surface area contributed by atoms with Crippen molar-refractivity contribution in [1.29, 1.82) is 5.26 Å². The fourth-order valence-corrected chi connectivity index (χ4v) is 2.00. The first-order chi connectivity index (χ1) is 7.72. The van der Waals surface area contributed by atoms with Gasteiger partial charge < -0.3 is 0 Å². The molecule has 2 aromatic rings. The van der Waals surface area contributed by atoms with Gasteiger partial charge in [-0.15, -0.1) is 0 Å². The fourth-order valence-electron chi connectivity index (χ4n) is 1.48. The van der Waals surface area contributed by atoms with Crippen molar-refractivity contribution in [2.75, 3.05) is 0 Å². The number of rotatable bonds is 1. The lowest BCUT2D eigenvalue weighted by Crippen LogP contribution is -1.82. The van der Waals surface area contributed by atoms with Gasteiger partial charge in [-0.05, 0) is 18.2 Å². The molecule has 0 saturated heterocycles. The van der Waals surface area contributed by atoms with Gasteiger partial charge in [0.05, 0.1) is 11.6 Å². The highest BCUT2D eigenvalue weighted by atomic mass is 35.5. The molecule has 3 heteroatoms. The van der Waals surface area contributed by atoms with E-state index >= 15 is 0 Å². The van der Waals surface area contributed by atoms with Crippen molar-refractivity contribution >= 4 is 23.2 Å². The zero-order chi connectivity index (χ0) is 11.5.